The van der Waals surface area contributed by atoms with E-state index in [0.29, 0.717) is 18.8 Å². The lowest BCUT2D eigenvalue weighted by molar-refractivity contribution is 0.275. The molecule has 1 aromatic carbocycles. The molecule has 2 heterocycles. The van der Waals surface area contributed by atoms with Gasteiger partial charge in [0.05, 0.1) is 19.7 Å². The third kappa shape index (κ3) is 2.60. The number of aromatic nitrogens is 5. The zero-order valence-electron chi connectivity index (χ0n) is 10.9. The minimum Gasteiger partial charge on any atom is -0.390 e. The van der Waals surface area contributed by atoms with Crippen LogP contribution >= 0.6 is 0 Å². The van der Waals surface area contributed by atoms with E-state index in [0.717, 1.165) is 11.3 Å². The molecule has 3 rings (SSSR count). The lowest BCUT2D eigenvalue weighted by atomic mass is 10.1. The maximum atomic E-state index is 9.41. The summed E-state index contributed by atoms with van der Waals surface area (Å²) < 4.78 is 1.82. The standard InChI is InChI=1S/C14H15N5O/c20-11-13-14(12-5-2-1-3-6-12)17-19(16-13)10-9-18-8-4-7-15-18/h1-8,20H,9-11H2. The minimum atomic E-state index is -0.119. The molecule has 0 atom stereocenters. The van der Waals surface area contributed by atoms with Crippen LogP contribution in [0.15, 0.2) is 48.8 Å². The first kappa shape index (κ1) is 12.6. The monoisotopic (exact) mass is 269 g/mol. The molecule has 6 heteroatoms. The maximum absolute atomic E-state index is 9.41. The fourth-order valence-electron chi connectivity index (χ4n) is 2.03. The van der Waals surface area contributed by atoms with Gasteiger partial charge in [0.2, 0.25) is 0 Å². The fraction of sp³-hybridized carbons (Fsp3) is 0.214. The highest BCUT2D eigenvalue weighted by Crippen LogP contribution is 2.19. The number of hydrogen-bond acceptors (Lipinski definition) is 4. The third-order valence-corrected chi connectivity index (χ3v) is 3.01. The van der Waals surface area contributed by atoms with Gasteiger partial charge in [-0.15, -0.1) is 0 Å². The van der Waals surface area contributed by atoms with Crippen molar-refractivity contribution in [3.63, 3.8) is 0 Å². The number of aryl methyl sites for hydroxylation is 2. The van der Waals surface area contributed by atoms with Gasteiger partial charge in [-0.1, -0.05) is 30.3 Å². The van der Waals surface area contributed by atoms with Crippen LogP contribution in [0, 0.1) is 0 Å². The fourth-order valence-corrected chi connectivity index (χ4v) is 2.03. The van der Waals surface area contributed by atoms with E-state index in [2.05, 4.69) is 15.3 Å². The Labute approximate surface area is 116 Å². The Hall–Kier alpha value is -2.47. The quantitative estimate of drug-likeness (QED) is 0.758. The number of benzene rings is 1. The van der Waals surface area contributed by atoms with Crippen molar-refractivity contribution >= 4 is 0 Å². The first-order valence-corrected chi connectivity index (χ1v) is 6.44. The van der Waals surface area contributed by atoms with Crippen LogP contribution in [0.25, 0.3) is 11.3 Å². The molecule has 1 N–H and O–H groups in total. The molecule has 0 radical (unpaired) electrons. The molecule has 0 unspecified atom stereocenters. The van der Waals surface area contributed by atoms with Crippen LogP contribution in [0.1, 0.15) is 5.69 Å². The molecule has 0 fully saturated rings. The molecule has 3 aromatic rings. The Morgan fingerprint density at radius 1 is 1.00 bits per heavy atom. The van der Waals surface area contributed by atoms with Crippen LogP contribution in [0.4, 0.5) is 0 Å². The summed E-state index contributed by atoms with van der Waals surface area (Å²) in [5, 5.41) is 22.3. The number of aliphatic hydroxyl groups excluding tert-OH is 1. The highest BCUT2D eigenvalue weighted by atomic mass is 16.3. The van der Waals surface area contributed by atoms with Crippen LogP contribution in [0.2, 0.25) is 0 Å². The van der Waals surface area contributed by atoms with Crippen molar-refractivity contribution in [2.45, 2.75) is 19.7 Å². The molecule has 20 heavy (non-hydrogen) atoms. The molecule has 0 amide bonds. The molecule has 0 spiro atoms. The van der Waals surface area contributed by atoms with Gasteiger partial charge in [-0.05, 0) is 6.07 Å². The molecule has 0 saturated heterocycles. The van der Waals surface area contributed by atoms with E-state index in [9.17, 15) is 5.11 Å². The van der Waals surface area contributed by atoms with Crippen molar-refractivity contribution in [2.75, 3.05) is 0 Å². The van der Waals surface area contributed by atoms with E-state index in [4.69, 9.17) is 0 Å². The van der Waals surface area contributed by atoms with Crippen LogP contribution in [-0.4, -0.2) is 29.9 Å². The van der Waals surface area contributed by atoms with Gasteiger partial charge in [0.1, 0.15) is 11.4 Å². The first-order chi connectivity index (χ1) is 9.86. The summed E-state index contributed by atoms with van der Waals surface area (Å²) in [6.45, 7) is 1.19. The van der Waals surface area contributed by atoms with Crippen molar-refractivity contribution in [3.8, 4) is 11.3 Å². The van der Waals surface area contributed by atoms with Gasteiger partial charge in [-0.2, -0.15) is 20.1 Å². The maximum Gasteiger partial charge on any atom is 0.118 e. The van der Waals surface area contributed by atoms with Gasteiger partial charge in [-0.3, -0.25) is 4.68 Å². The molecule has 0 saturated carbocycles. The number of hydrogen-bond donors (Lipinski definition) is 1. The predicted octanol–water partition coefficient (Wildman–Crippen LogP) is 1.33. The average Bonchev–Trinajstić information content (AvgIpc) is 3.15. The molecule has 0 aliphatic carbocycles. The topological polar surface area (TPSA) is 68.8 Å². The Morgan fingerprint density at radius 2 is 1.85 bits per heavy atom. The summed E-state index contributed by atoms with van der Waals surface area (Å²) in [6.07, 6.45) is 3.64. The second kappa shape index (κ2) is 5.66. The van der Waals surface area contributed by atoms with Crippen LogP contribution in [0.5, 0.6) is 0 Å². The molecule has 6 nitrogen and oxygen atoms in total. The molecule has 0 aliphatic heterocycles. The van der Waals surface area contributed by atoms with E-state index in [1.165, 1.54) is 0 Å². The van der Waals surface area contributed by atoms with E-state index >= 15 is 0 Å². The molecular formula is C14H15N5O. The average molecular weight is 269 g/mol. The normalized spacial score (nSPS) is 10.8. The summed E-state index contributed by atoms with van der Waals surface area (Å²) in [7, 11) is 0. The second-order valence-electron chi connectivity index (χ2n) is 4.38. The molecule has 102 valence electrons. The minimum absolute atomic E-state index is 0.119. The molecule has 0 bridgehead atoms. The largest absolute Gasteiger partial charge is 0.390 e. The van der Waals surface area contributed by atoms with Crippen LogP contribution in [0.3, 0.4) is 0 Å². The smallest absolute Gasteiger partial charge is 0.118 e. The van der Waals surface area contributed by atoms with Crippen molar-refractivity contribution in [1.82, 2.24) is 24.8 Å². The Kier molecular flexibility index (Phi) is 3.56. The van der Waals surface area contributed by atoms with Crippen LogP contribution in [-0.2, 0) is 19.7 Å². The van der Waals surface area contributed by atoms with E-state index < -0.39 is 0 Å². The van der Waals surface area contributed by atoms with Crippen LogP contribution < -0.4 is 0 Å². The SMILES string of the molecule is OCc1nn(CCn2cccn2)nc1-c1ccccc1. The molecular weight excluding hydrogens is 254 g/mol. The molecule has 2 aromatic heterocycles. The Bertz CT molecular complexity index is 660. The summed E-state index contributed by atoms with van der Waals surface area (Å²) >= 11 is 0. The predicted molar refractivity (Wildman–Crippen MR) is 73.6 cm³/mol. The van der Waals surface area contributed by atoms with Gasteiger partial charge in [0, 0.05) is 18.0 Å². The summed E-state index contributed by atoms with van der Waals surface area (Å²) in [5.74, 6) is 0. The number of rotatable bonds is 5. The molecule has 0 aliphatic rings. The summed E-state index contributed by atoms with van der Waals surface area (Å²) in [5.41, 5.74) is 2.28. The van der Waals surface area contributed by atoms with Gasteiger partial charge in [0.25, 0.3) is 0 Å². The van der Waals surface area contributed by atoms with Gasteiger partial charge in [0.15, 0.2) is 0 Å². The highest BCUT2D eigenvalue weighted by molar-refractivity contribution is 5.60. The highest BCUT2D eigenvalue weighted by Gasteiger charge is 2.11. The zero-order chi connectivity index (χ0) is 13.8. The van der Waals surface area contributed by atoms with Gasteiger partial charge in [-0.25, -0.2) is 0 Å². The van der Waals surface area contributed by atoms with Crippen molar-refractivity contribution in [2.24, 2.45) is 0 Å². The summed E-state index contributed by atoms with van der Waals surface area (Å²) in [4.78, 5) is 1.61. The lowest BCUT2D eigenvalue weighted by Gasteiger charge is -2.00. The second-order valence-corrected chi connectivity index (χ2v) is 4.38. The van der Waals surface area contributed by atoms with E-state index in [1.54, 1.807) is 11.0 Å². The first-order valence-electron chi connectivity index (χ1n) is 6.44. The number of aliphatic hydroxyl groups is 1. The lowest BCUT2D eigenvalue weighted by Crippen LogP contribution is -2.10. The Morgan fingerprint density at radius 3 is 2.55 bits per heavy atom. The number of nitrogens with zero attached hydrogens (tertiary/aromatic N) is 5. The van der Waals surface area contributed by atoms with E-state index in [-0.39, 0.29) is 6.61 Å². The Balaban J connectivity index is 1.81. The van der Waals surface area contributed by atoms with Crippen molar-refractivity contribution in [3.05, 3.63) is 54.5 Å². The van der Waals surface area contributed by atoms with Crippen molar-refractivity contribution in [1.29, 1.82) is 0 Å². The van der Waals surface area contributed by atoms with Gasteiger partial charge >= 0.3 is 0 Å². The third-order valence-electron chi connectivity index (χ3n) is 3.01. The van der Waals surface area contributed by atoms with Crippen molar-refractivity contribution < 1.29 is 5.11 Å². The zero-order valence-corrected chi connectivity index (χ0v) is 10.9. The summed E-state index contributed by atoms with van der Waals surface area (Å²) in [6, 6.07) is 11.6. The van der Waals surface area contributed by atoms with Gasteiger partial charge < -0.3 is 5.11 Å². The van der Waals surface area contributed by atoms with E-state index in [1.807, 2.05) is 47.3 Å².